The molecule has 2 nitrogen and oxygen atoms in total. The molecule has 1 aliphatic carbocycles. The first kappa shape index (κ1) is 16.2. The molecule has 0 amide bonds. The lowest BCUT2D eigenvalue weighted by molar-refractivity contribution is 0.669. The van der Waals surface area contributed by atoms with Gasteiger partial charge < -0.3 is 8.98 Å². The van der Waals surface area contributed by atoms with Gasteiger partial charge in [0.25, 0.3) is 0 Å². The van der Waals surface area contributed by atoms with E-state index in [4.69, 9.17) is 4.42 Å². The first-order chi connectivity index (χ1) is 15.3. The molecule has 0 saturated heterocycles. The number of hydrogen-bond acceptors (Lipinski definition) is 1. The summed E-state index contributed by atoms with van der Waals surface area (Å²) < 4.78 is 9.78. The second-order valence-electron chi connectivity index (χ2n) is 8.29. The van der Waals surface area contributed by atoms with Crippen LogP contribution in [0.5, 0.6) is 0 Å². The summed E-state index contributed by atoms with van der Waals surface area (Å²) in [6.07, 6.45) is 0. The molecular weight excluding hydrogens is 446 g/mol. The highest BCUT2D eigenvalue weighted by atomic mass is 79.9. The molecule has 0 radical (unpaired) electrons. The third-order valence-corrected chi connectivity index (χ3v) is 7.25. The van der Waals surface area contributed by atoms with Gasteiger partial charge in [0.15, 0.2) is 0 Å². The van der Waals surface area contributed by atoms with Crippen LogP contribution >= 0.6 is 15.9 Å². The maximum absolute atomic E-state index is 6.31. The van der Waals surface area contributed by atoms with Gasteiger partial charge in [-0.25, -0.2) is 0 Å². The molecule has 2 heterocycles. The zero-order valence-electron chi connectivity index (χ0n) is 16.3. The van der Waals surface area contributed by atoms with Crippen LogP contribution in [-0.2, 0) is 0 Å². The molecule has 5 aromatic carbocycles. The summed E-state index contributed by atoms with van der Waals surface area (Å²) >= 11 is 3.66. The molecular formula is C28H14BrNO. The van der Waals surface area contributed by atoms with Gasteiger partial charge in [0.2, 0.25) is 0 Å². The van der Waals surface area contributed by atoms with Crippen molar-refractivity contribution in [1.82, 2.24) is 4.57 Å². The van der Waals surface area contributed by atoms with Crippen molar-refractivity contribution in [3.63, 3.8) is 0 Å². The number of aromatic nitrogens is 1. The summed E-state index contributed by atoms with van der Waals surface area (Å²) in [6, 6.07) is 30.5. The van der Waals surface area contributed by atoms with Crippen LogP contribution in [0.25, 0.3) is 71.3 Å². The molecule has 0 unspecified atom stereocenters. The lowest BCUT2D eigenvalue weighted by Gasteiger charge is -2.10. The summed E-state index contributed by atoms with van der Waals surface area (Å²) in [5, 5.41) is 7.64. The van der Waals surface area contributed by atoms with Crippen LogP contribution in [-0.4, -0.2) is 4.57 Å². The molecule has 8 rings (SSSR count). The lowest BCUT2D eigenvalue weighted by atomic mass is 9.98. The minimum atomic E-state index is 0.957. The van der Waals surface area contributed by atoms with E-state index >= 15 is 0 Å². The second kappa shape index (κ2) is 5.37. The smallest absolute Gasteiger partial charge is 0.136 e. The van der Waals surface area contributed by atoms with E-state index in [-0.39, 0.29) is 0 Å². The van der Waals surface area contributed by atoms with Crippen molar-refractivity contribution in [1.29, 1.82) is 0 Å². The number of benzene rings is 5. The molecule has 0 spiro atoms. The van der Waals surface area contributed by atoms with Gasteiger partial charge in [-0.05, 0) is 59.0 Å². The van der Waals surface area contributed by atoms with E-state index in [0.717, 1.165) is 21.3 Å². The van der Waals surface area contributed by atoms with E-state index in [2.05, 4.69) is 105 Å². The van der Waals surface area contributed by atoms with E-state index in [1.54, 1.807) is 0 Å². The first-order valence-corrected chi connectivity index (χ1v) is 11.2. The van der Waals surface area contributed by atoms with Crippen molar-refractivity contribution >= 4 is 70.4 Å². The Morgan fingerprint density at radius 2 is 1.32 bits per heavy atom. The van der Waals surface area contributed by atoms with Gasteiger partial charge in [-0.1, -0.05) is 58.4 Å². The van der Waals surface area contributed by atoms with Crippen molar-refractivity contribution in [3.8, 4) is 16.8 Å². The number of rotatable bonds is 1. The molecule has 0 atom stereocenters. The van der Waals surface area contributed by atoms with Gasteiger partial charge in [0, 0.05) is 37.1 Å². The highest BCUT2D eigenvalue weighted by Crippen LogP contribution is 2.50. The van der Waals surface area contributed by atoms with E-state index < -0.39 is 0 Å². The highest BCUT2D eigenvalue weighted by Gasteiger charge is 2.25. The van der Waals surface area contributed by atoms with E-state index in [1.807, 2.05) is 0 Å². The first-order valence-electron chi connectivity index (χ1n) is 10.4. The summed E-state index contributed by atoms with van der Waals surface area (Å²) in [6.45, 7) is 0. The summed E-state index contributed by atoms with van der Waals surface area (Å²) in [7, 11) is 0. The zero-order chi connectivity index (χ0) is 20.3. The maximum Gasteiger partial charge on any atom is 0.136 e. The molecule has 144 valence electrons. The van der Waals surface area contributed by atoms with Crippen molar-refractivity contribution in [3.05, 3.63) is 89.4 Å². The van der Waals surface area contributed by atoms with Gasteiger partial charge in [0.1, 0.15) is 11.2 Å². The molecule has 0 N–H and O–H groups in total. The van der Waals surface area contributed by atoms with Gasteiger partial charge in [-0.3, -0.25) is 0 Å². The number of halogens is 1. The Bertz CT molecular complexity index is 1900. The molecule has 0 aliphatic heterocycles. The predicted octanol–water partition coefficient (Wildman–Crippen LogP) is 8.58. The standard InChI is InChI=1S/C28H14BrNO/c29-16-4-1-5-17(14-16)30-20-8-2-6-18-19-7-3-9-22-26(19)28-23(31-22)13-11-15-10-12-21(30)27(24(15)28)25(18)20/h1-14H. The topological polar surface area (TPSA) is 18.1 Å². The number of nitrogens with zero attached hydrogens (tertiary/aromatic N) is 1. The maximum atomic E-state index is 6.31. The quantitative estimate of drug-likeness (QED) is 0.240. The second-order valence-corrected chi connectivity index (χ2v) is 9.21. The van der Waals surface area contributed by atoms with Gasteiger partial charge in [0.05, 0.1) is 11.0 Å². The SMILES string of the molecule is Brc1cccc(-n2c3cccc4c3c3c5c(ccc6oc7cccc-4c7c65)ccc32)c1. The molecule has 3 heteroatoms. The molecule has 31 heavy (non-hydrogen) atoms. The largest absolute Gasteiger partial charge is 0.456 e. The fourth-order valence-corrected chi connectivity index (χ4v) is 6.00. The number of furan rings is 1. The molecule has 0 bridgehead atoms. The zero-order valence-corrected chi connectivity index (χ0v) is 17.9. The minimum Gasteiger partial charge on any atom is -0.456 e. The number of fused-ring (bicyclic) bond motifs is 1. The molecule has 2 aromatic heterocycles. The van der Waals surface area contributed by atoms with Crippen LogP contribution in [0.4, 0.5) is 0 Å². The van der Waals surface area contributed by atoms with Crippen LogP contribution in [0, 0.1) is 0 Å². The highest BCUT2D eigenvalue weighted by molar-refractivity contribution is 9.10. The fourth-order valence-electron chi connectivity index (χ4n) is 5.61. The summed E-state index contributed by atoms with van der Waals surface area (Å²) in [5.41, 5.74) is 8.05. The summed E-state index contributed by atoms with van der Waals surface area (Å²) in [4.78, 5) is 0. The third-order valence-electron chi connectivity index (χ3n) is 6.75. The van der Waals surface area contributed by atoms with Crippen molar-refractivity contribution in [2.75, 3.05) is 0 Å². The average Bonchev–Trinajstić information content (AvgIpc) is 3.30. The van der Waals surface area contributed by atoms with Gasteiger partial charge >= 0.3 is 0 Å². The number of hydrogen-bond donors (Lipinski definition) is 0. The van der Waals surface area contributed by atoms with Crippen LogP contribution in [0.1, 0.15) is 0 Å². The van der Waals surface area contributed by atoms with E-state index in [1.165, 1.54) is 54.5 Å². The lowest BCUT2D eigenvalue weighted by Crippen LogP contribution is -1.94. The Balaban J connectivity index is 1.77. The normalized spacial score (nSPS) is 12.7. The van der Waals surface area contributed by atoms with E-state index in [9.17, 15) is 0 Å². The molecule has 7 aromatic rings. The Labute approximate surface area is 185 Å². The van der Waals surface area contributed by atoms with E-state index in [0.29, 0.717) is 0 Å². The van der Waals surface area contributed by atoms with Crippen molar-refractivity contribution < 1.29 is 4.42 Å². The Morgan fingerprint density at radius 3 is 2.23 bits per heavy atom. The Kier molecular flexibility index (Phi) is 2.80. The molecule has 0 fully saturated rings. The van der Waals surface area contributed by atoms with Crippen LogP contribution < -0.4 is 0 Å². The molecule has 0 saturated carbocycles. The monoisotopic (exact) mass is 459 g/mol. The van der Waals surface area contributed by atoms with Crippen LogP contribution in [0.15, 0.2) is 93.8 Å². The van der Waals surface area contributed by atoms with Crippen molar-refractivity contribution in [2.24, 2.45) is 0 Å². The van der Waals surface area contributed by atoms with Crippen LogP contribution in [0.3, 0.4) is 0 Å². The van der Waals surface area contributed by atoms with Crippen LogP contribution in [0.2, 0.25) is 0 Å². The third kappa shape index (κ3) is 1.85. The predicted molar refractivity (Wildman–Crippen MR) is 132 cm³/mol. The molecule has 1 aliphatic rings. The summed E-state index contributed by atoms with van der Waals surface area (Å²) in [5.74, 6) is 0. The fraction of sp³-hybridized carbons (Fsp3) is 0. The Morgan fingerprint density at radius 1 is 0.581 bits per heavy atom. The Hall–Kier alpha value is -3.56. The van der Waals surface area contributed by atoms with Gasteiger partial charge in [-0.15, -0.1) is 0 Å². The van der Waals surface area contributed by atoms with Crippen molar-refractivity contribution in [2.45, 2.75) is 0 Å². The minimum absolute atomic E-state index is 0.957. The average molecular weight is 460 g/mol. The van der Waals surface area contributed by atoms with Gasteiger partial charge in [-0.2, -0.15) is 0 Å².